The summed E-state index contributed by atoms with van der Waals surface area (Å²) in [4.78, 5) is 38.3. The maximum atomic E-state index is 12.3. The fourth-order valence-corrected chi connectivity index (χ4v) is 4.64. The van der Waals surface area contributed by atoms with Crippen LogP contribution in [0.1, 0.15) is 68.0 Å². The number of nitrogens with zero attached hydrogens (tertiary/aromatic N) is 1. The van der Waals surface area contributed by atoms with Crippen LogP contribution in [0.2, 0.25) is 0 Å². The number of carbonyl (C=O) groups excluding carboxylic acids is 1. The number of para-hydroxylation sites is 1. The van der Waals surface area contributed by atoms with Gasteiger partial charge in [0.2, 0.25) is 0 Å². The number of benzene rings is 1. The topological polar surface area (TPSA) is 121 Å². The molecular formula is C28H42N3O7P. The third-order valence-electron chi connectivity index (χ3n) is 4.96. The molecule has 1 aromatic heterocycles. The second kappa shape index (κ2) is 18.3. The molecule has 39 heavy (non-hydrogen) atoms. The standard InChI is InChI=1S/C24H30N3O7P.2C2H6/c1-5-9-18-14-20(33-22(18)27-13-12-21(28)25-24(27)30)15-31-35(34-19-10-7-6-8-11-19)26-17(4)23(29)32-16(2)3;2*1-2/h6-8,10-13,16-18,20,22,26H,14-15H2,1-4H3,(H,25,28,30);2*1-2H3/t17?,18-,20?,22?,35?;;/m0../s1. The average Bonchev–Trinajstić information content (AvgIpc) is 3.32. The quantitative estimate of drug-likeness (QED) is 0.241. The number of esters is 1. The maximum absolute atomic E-state index is 12.3. The number of H-pyrrole nitrogens is 1. The molecule has 3 rings (SSSR count). The number of hydrogen-bond acceptors (Lipinski definition) is 8. The van der Waals surface area contributed by atoms with Crippen molar-refractivity contribution in [1.29, 1.82) is 0 Å². The summed E-state index contributed by atoms with van der Waals surface area (Å²) in [6.45, 7) is 15.1. The van der Waals surface area contributed by atoms with Crippen molar-refractivity contribution < 1.29 is 23.3 Å². The van der Waals surface area contributed by atoms with E-state index in [0.29, 0.717) is 12.2 Å². The fourth-order valence-electron chi connectivity index (χ4n) is 3.42. The highest BCUT2D eigenvalue weighted by atomic mass is 31.2. The third-order valence-corrected chi connectivity index (χ3v) is 6.32. The number of ether oxygens (including phenoxy) is 2. The van der Waals surface area contributed by atoms with E-state index < -0.39 is 44.1 Å². The second-order valence-electron chi connectivity index (χ2n) is 8.20. The molecule has 1 fully saturated rings. The zero-order chi connectivity index (χ0) is 29.4. The summed E-state index contributed by atoms with van der Waals surface area (Å²) in [7, 11) is -1.73. The molecule has 0 saturated carbocycles. The van der Waals surface area contributed by atoms with Crippen LogP contribution in [-0.2, 0) is 18.8 Å². The lowest BCUT2D eigenvalue weighted by Gasteiger charge is -2.23. The minimum atomic E-state index is -1.73. The molecule has 0 aliphatic carbocycles. The Morgan fingerprint density at radius 3 is 2.41 bits per heavy atom. The molecule has 216 valence electrons. The Labute approximate surface area is 232 Å². The van der Waals surface area contributed by atoms with Crippen molar-refractivity contribution in [2.45, 2.75) is 86.3 Å². The zero-order valence-corrected chi connectivity index (χ0v) is 25.0. The SMILES string of the molecule is CC.CC.CC#C[C@H]1CC(COP(NC(C)C(=O)OC(C)C)Oc2ccccc2)OC1n1ccc(=O)[nH]c1=O. The van der Waals surface area contributed by atoms with Crippen LogP contribution in [0.25, 0.3) is 0 Å². The Kier molecular flexibility index (Phi) is 16.0. The zero-order valence-electron chi connectivity index (χ0n) is 24.1. The van der Waals surface area contributed by atoms with E-state index in [-0.39, 0.29) is 18.6 Å². The van der Waals surface area contributed by atoms with E-state index in [1.165, 1.54) is 16.8 Å². The minimum absolute atomic E-state index is 0.133. The molecule has 4 unspecified atom stereocenters. The number of nitrogens with one attached hydrogen (secondary N) is 2. The van der Waals surface area contributed by atoms with E-state index in [2.05, 4.69) is 21.9 Å². The van der Waals surface area contributed by atoms with Gasteiger partial charge in [-0.3, -0.25) is 19.1 Å². The van der Waals surface area contributed by atoms with Gasteiger partial charge >= 0.3 is 20.2 Å². The number of rotatable bonds is 10. The van der Waals surface area contributed by atoms with Gasteiger partial charge < -0.3 is 18.5 Å². The molecule has 0 radical (unpaired) electrons. The van der Waals surface area contributed by atoms with Gasteiger partial charge in [0.05, 0.1) is 24.7 Å². The monoisotopic (exact) mass is 563 g/mol. The summed E-state index contributed by atoms with van der Waals surface area (Å²) in [6.07, 6.45) is 0.597. The van der Waals surface area contributed by atoms with E-state index in [1.54, 1.807) is 39.8 Å². The fraction of sp³-hybridized carbons (Fsp3) is 0.536. The first-order valence-corrected chi connectivity index (χ1v) is 14.5. The van der Waals surface area contributed by atoms with Gasteiger partial charge in [0.1, 0.15) is 11.8 Å². The molecule has 5 atom stereocenters. The Morgan fingerprint density at radius 1 is 1.15 bits per heavy atom. The molecule has 2 N–H and O–H groups in total. The van der Waals surface area contributed by atoms with Crippen molar-refractivity contribution in [3.63, 3.8) is 0 Å². The highest BCUT2D eigenvalue weighted by Gasteiger charge is 2.37. The average molecular weight is 564 g/mol. The predicted octanol–water partition coefficient (Wildman–Crippen LogP) is 4.77. The van der Waals surface area contributed by atoms with Crippen molar-refractivity contribution in [3.8, 4) is 17.6 Å². The van der Waals surface area contributed by atoms with Gasteiger partial charge in [0.25, 0.3) is 5.56 Å². The highest BCUT2D eigenvalue weighted by molar-refractivity contribution is 7.45. The van der Waals surface area contributed by atoms with Gasteiger partial charge in [-0.2, -0.15) is 0 Å². The lowest BCUT2D eigenvalue weighted by atomic mass is 10.0. The lowest BCUT2D eigenvalue weighted by Crippen LogP contribution is -2.35. The summed E-state index contributed by atoms with van der Waals surface area (Å²) in [5.41, 5.74) is -1.05. The number of hydrogen-bond donors (Lipinski definition) is 2. The normalized spacial score (nSPS) is 19.3. The smallest absolute Gasteiger partial charge is 0.330 e. The molecule has 0 amide bonds. The minimum Gasteiger partial charge on any atom is -0.462 e. The molecule has 10 nitrogen and oxygen atoms in total. The van der Waals surface area contributed by atoms with Crippen LogP contribution in [-0.4, -0.2) is 40.4 Å². The third kappa shape index (κ3) is 11.4. The van der Waals surface area contributed by atoms with Gasteiger partial charge in [-0.05, 0) is 46.2 Å². The number of aromatic amines is 1. The summed E-state index contributed by atoms with van der Waals surface area (Å²) in [5.74, 6) is 5.83. The summed E-state index contributed by atoms with van der Waals surface area (Å²) in [6, 6.07) is 9.71. The van der Waals surface area contributed by atoms with Crippen LogP contribution >= 0.6 is 8.53 Å². The van der Waals surface area contributed by atoms with Crippen molar-refractivity contribution >= 4 is 14.5 Å². The molecule has 0 bridgehead atoms. The van der Waals surface area contributed by atoms with Gasteiger partial charge in [-0.1, -0.05) is 51.8 Å². The summed E-state index contributed by atoms with van der Waals surface area (Å²) >= 11 is 0. The van der Waals surface area contributed by atoms with E-state index in [4.69, 9.17) is 18.5 Å². The molecule has 2 aromatic rings. The molecule has 1 saturated heterocycles. The van der Waals surface area contributed by atoms with Crippen LogP contribution in [0.15, 0.2) is 52.2 Å². The van der Waals surface area contributed by atoms with Crippen molar-refractivity contribution in [3.05, 3.63) is 63.4 Å². The van der Waals surface area contributed by atoms with Crippen molar-refractivity contribution in [1.82, 2.24) is 14.6 Å². The van der Waals surface area contributed by atoms with Gasteiger partial charge in [-0.25, -0.2) is 9.88 Å². The molecule has 2 heterocycles. The molecule has 1 aliphatic rings. The first-order valence-electron chi connectivity index (χ1n) is 13.3. The maximum Gasteiger partial charge on any atom is 0.330 e. The molecule has 0 spiro atoms. The van der Waals surface area contributed by atoms with Crippen LogP contribution in [0, 0.1) is 17.8 Å². The van der Waals surface area contributed by atoms with Gasteiger partial charge in [0, 0.05) is 12.3 Å². The number of aromatic nitrogens is 2. The summed E-state index contributed by atoms with van der Waals surface area (Å²) in [5, 5.41) is 3.06. The van der Waals surface area contributed by atoms with Crippen molar-refractivity contribution in [2.24, 2.45) is 5.92 Å². The van der Waals surface area contributed by atoms with E-state index in [1.807, 2.05) is 45.9 Å². The Hall–Kier alpha value is -2.96. The first-order chi connectivity index (χ1) is 18.8. The first kappa shape index (κ1) is 34.1. The molecule has 1 aromatic carbocycles. The van der Waals surface area contributed by atoms with Crippen molar-refractivity contribution in [2.75, 3.05) is 6.61 Å². The van der Waals surface area contributed by atoms with Crippen LogP contribution < -0.4 is 20.9 Å². The second-order valence-corrected chi connectivity index (χ2v) is 9.41. The molecular weight excluding hydrogens is 521 g/mol. The Bertz CT molecular complexity index is 1160. The lowest BCUT2D eigenvalue weighted by molar-refractivity contribution is -0.149. The van der Waals surface area contributed by atoms with E-state index in [0.717, 1.165) is 0 Å². The van der Waals surface area contributed by atoms with Gasteiger partial charge in [0.15, 0.2) is 6.23 Å². The molecule has 1 aliphatic heterocycles. The van der Waals surface area contributed by atoms with E-state index in [9.17, 15) is 14.4 Å². The predicted molar refractivity (Wildman–Crippen MR) is 153 cm³/mol. The highest BCUT2D eigenvalue weighted by Crippen LogP contribution is 2.39. The Balaban J connectivity index is 0.00000181. The van der Waals surface area contributed by atoms with E-state index >= 15 is 0 Å². The van der Waals surface area contributed by atoms with Crippen LogP contribution in [0.5, 0.6) is 5.75 Å². The number of carbonyl (C=O) groups is 1. The Morgan fingerprint density at radius 2 is 1.82 bits per heavy atom. The van der Waals surface area contributed by atoms with Crippen LogP contribution in [0.4, 0.5) is 0 Å². The van der Waals surface area contributed by atoms with Crippen LogP contribution in [0.3, 0.4) is 0 Å². The largest absolute Gasteiger partial charge is 0.462 e. The molecule has 11 heteroatoms. The summed E-state index contributed by atoms with van der Waals surface area (Å²) < 4.78 is 24.7. The van der Waals surface area contributed by atoms with Gasteiger partial charge in [-0.15, -0.1) is 5.92 Å².